The van der Waals surface area contributed by atoms with Crippen LogP contribution in [0.2, 0.25) is 0 Å². The molecule has 0 fully saturated rings. The fraction of sp³-hybridized carbons (Fsp3) is 0.130. The highest BCUT2D eigenvalue weighted by molar-refractivity contribution is 6.04. The zero-order valence-corrected chi connectivity index (χ0v) is 15.4. The van der Waals surface area contributed by atoms with Crippen LogP contribution in [0.1, 0.15) is 27.2 Å². The quantitative estimate of drug-likeness (QED) is 0.511. The zero-order chi connectivity index (χ0) is 19.2. The molecule has 2 N–H and O–H groups in total. The van der Waals surface area contributed by atoms with Gasteiger partial charge < -0.3 is 10.1 Å². The Labute approximate surface area is 163 Å². The van der Waals surface area contributed by atoms with Gasteiger partial charge in [-0.25, -0.2) is 0 Å². The summed E-state index contributed by atoms with van der Waals surface area (Å²) in [5.74, 6) is -0.197. The first-order chi connectivity index (χ1) is 13.8. The van der Waals surface area contributed by atoms with E-state index in [9.17, 15) is 4.79 Å². The van der Waals surface area contributed by atoms with Gasteiger partial charge in [-0.05, 0) is 22.8 Å². The van der Waals surface area contributed by atoms with E-state index in [1.165, 1.54) is 0 Å². The lowest BCUT2D eigenvalue weighted by Gasteiger charge is -2.11. The number of H-pyrrole nitrogens is 1. The van der Waals surface area contributed by atoms with Crippen LogP contribution in [0.5, 0.6) is 0 Å². The smallest absolute Gasteiger partial charge is 0.272 e. The molecule has 0 aliphatic heterocycles. The minimum absolute atomic E-state index is 0.197. The second-order valence-corrected chi connectivity index (χ2v) is 6.55. The van der Waals surface area contributed by atoms with Crippen LogP contribution in [0.4, 0.5) is 0 Å². The van der Waals surface area contributed by atoms with Gasteiger partial charge in [-0.2, -0.15) is 5.10 Å². The minimum Gasteiger partial charge on any atom is -0.372 e. The number of aromatic nitrogens is 2. The van der Waals surface area contributed by atoms with Crippen molar-refractivity contribution < 1.29 is 9.53 Å². The standard InChI is InChI=1S/C23H21N3O2/c27-23(22-20-12-6-7-13-21(20)25-26-22)24-14-18-10-4-5-11-19(18)16-28-15-17-8-2-1-3-9-17/h1-13H,14-16H2,(H,24,27)(H,25,26). The highest BCUT2D eigenvalue weighted by atomic mass is 16.5. The normalized spacial score (nSPS) is 10.9. The molecule has 0 bridgehead atoms. The number of hydrogen-bond acceptors (Lipinski definition) is 3. The fourth-order valence-corrected chi connectivity index (χ4v) is 3.12. The second-order valence-electron chi connectivity index (χ2n) is 6.55. The molecule has 0 aliphatic rings. The van der Waals surface area contributed by atoms with Gasteiger partial charge in [-0.1, -0.05) is 72.8 Å². The van der Waals surface area contributed by atoms with Crippen molar-refractivity contribution in [1.29, 1.82) is 0 Å². The number of para-hydroxylation sites is 1. The van der Waals surface area contributed by atoms with Crippen molar-refractivity contribution in [3.63, 3.8) is 0 Å². The molecule has 3 aromatic carbocycles. The van der Waals surface area contributed by atoms with Gasteiger partial charge in [0, 0.05) is 11.9 Å². The van der Waals surface area contributed by atoms with E-state index in [1.54, 1.807) is 0 Å². The van der Waals surface area contributed by atoms with Crippen molar-refractivity contribution in [3.8, 4) is 0 Å². The van der Waals surface area contributed by atoms with Crippen molar-refractivity contribution in [1.82, 2.24) is 15.5 Å². The summed E-state index contributed by atoms with van der Waals surface area (Å²) in [6.07, 6.45) is 0. The molecular formula is C23H21N3O2. The third kappa shape index (κ3) is 4.10. The number of aromatic amines is 1. The number of ether oxygens (including phenoxy) is 1. The SMILES string of the molecule is O=C(NCc1ccccc1COCc1ccccc1)c1n[nH]c2ccccc12. The van der Waals surface area contributed by atoms with Crippen molar-refractivity contribution in [2.45, 2.75) is 19.8 Å². The maximum atomic E-state index is 12.6. The maximum Gasteiger partial charge on any atom is 0.272 e. The van der Waals surface area contributed by atoms with Gasteiger partial charge >= 0.3 is 0 Å². The Balaban J connectivity index is 1.39. The number of carbonyl (C=O) groups is 1. The summed E-state index contributed by atoms with van der Waals surface area (Å²) in [4.78, 5) is 12.6. The van der Waals surface area contributed by atoms with E-state index in [4.69, 9.17) is 4.74 Å². The lowest BCUT2D eigenvalue weighted by atomic mass is 10.1. The molecule has 5 nitrogen and oxygen atoms in total. The van der Waals surface area contributed by atoms with Crippen LogP contribution in [0.15, 0.2) is 78.9 Å². The third-order valence-electron chi connectivity index (χ3n) is 4.61. The predicted octanol–water partition coefficient (Wildman–Crippen LogP) is 4.21. The summed E-state index contributed by atoms with van der Waals surface area (Å²) >= 11 is 0. The van der Waals surface area contributed by atoms with Gasteiger partial charge in [0.1, 0.15) is 0 Å². The van der Waals surface area contributed by atoms with Gasteiger partial charge in [0.25, 0.3) is 5.91 Å². The molecule has 0 saturated heterocycles. The van der Waals surface area contributed by atoms with Crippen LogP contribution in [0, 0.1) is 0 Å². The second kappa shape index (κ2) is 8.50. The molecule has 0 radical (unpaired) electrons. The molecule has 0 aliphatic carbocycles. The van der Waals surface area contributed by atoms with E-state index in [-0.39, 0.29) is 5.91 Å². The number of nitrogens with zero attached hydrogens (tertiary/aromatic N) is 1. The Bertz CT molecular complexity index is 1070. The lowest BCUT2D eigenvalue weighted by molar-refractivity contribution is 0.0944. The number of hydrogen-bond donors (Lipinski definition) is 2. The molecule has 1 aromatic heterocycles. The Kier molecular flexibility index (Phi) is 5.45. The Morgan fingerprint density at radius 2 is 1.57 bits per heavy atom. The Morgan fingerprint density at radius 3 is 2.43 bits per heavy atom. The Morgan fingerprint density at radius 1 is 0.857 bits per heavy atom. The summed E-state index contributed by atoms with van der Waals surface area (Å²) in [7, 11) is 0. The summed E-state index contributed by atoms with van der Waals surface area (Å²) in [6, 6.07) is 25.6. The van der Waals surface area contributed by atoms with E-state index in [0.29, 0.717) is 25.5 Å². The van der Waals surface area contributed by atoms with Crippen molar-refractivity contribution in [3.05, 3.63) is 101 Å². The van der Waals surface area contributed by atoms with Gasteiger partial charge in [0.15, 0.2) is 5.69 Å². The van der Waals surface area contributed by atoms with Gasteiger partial charge in [0.05, 0.1) is 18.7 Å². The van der Waals surface area contributed by atoms with E-state index < -0.39 is 0 Å². The first-order valence-electron chi connectivity index (χ1n) is 9.21. The molecule has 0 spiro atoms. The monoisotopic (exact) mass is 371 g/mol. The molecule has 1 amide bonds. The van der Waals surface area contributed by atoms with Crippen LogP contribution in [0.25, 0.3) is 10.9 Å². The molecule has 0 unspecified atom stereocenters. The molecule has 4 rings (SSSR count). The average molecular weight is 371 g/mol. The molecular weight excluding hydrogens is 350 g/mol. The topological polar surface area (TPSA) is 67.0 Å². The average Bonchev–Trinajstić information content (AvgIpc) is 3.18. The molecule has 0 atom stereocenters. The lowest BCUT2D eigenvalue weighted by Crippen LogP contribution is -2.24. The number of benzene rings is 3. The Hall–Kier alpha value is -3.44. The summed E-state index contributed by atoms with van der Waals surface area (Å²) in [5.41, 5.74) is 4.49. The van der Waals surface area contributed by atoms with Gasteiger partial charge in [0.2, 0.25) is 0 Å². The predicted molar refractivity (Wildman–Crippen MR) is 109 cm³/mol. The van der Waals surface area contributed by atoms with Crippen LogP contribution in [-0.2, 0) is 24.5 Å². The van der Waals surface area contributed by atoms with Crippen molar-refractivity contribution >= 4 is 16.8 Å². The van der Waals surface area contributed by atoms with Crippen LogP contribution >= 0.6 is 0 Å². The number of rotatable bonds is 7. The molecule has 5 heteroatoms. The number of carbonyl (C=O) groups excluding carboxylic acids is 1. The zero-order valence-electron chi connectivity index (χ0n) is 15.4. The maximum absolute atomic E-state index is 12.6. The van der Waals surface area contributed by atoms with Crippen LogP contribution in [-0.4, -0.2) is 16.1 Å². The van der Waals surface area contributed by atoms with Crippen LogP contribution < -0.4 is 5.32 Å². The molecule has 4 aromatic rings. The van der Waals surface area contributed by atoms with Gasteiger partial charge in [-0.3, -0.25) is 9.89 Å². The molecule has 1 heterocycles. The van der Waals surface area contributed by atoms with Crippen LogP contribution in [0.3, 0.4) is 0 Å². The molecule has 140 valence electrons. The van der Waals surface area contributed by atoms with E-state index in [0.717, 1.165) is 27.6 Å². The highest BCUT2D eigenvalue weighted by Gasteiger charge is 2.14. The van der Waals surface area contributed by atoms with E-state index in [2.05, 4.69) is 15.5 Å². The highest BCUT2D eigenvalue weighted by Crippen LogP contribution is 2.16. The third-order valence-corrected chi connectivity index (χ3v) is 4.61. The largest absolute Gasteiger partial charge is 0.372 e. The summed E-state index contributed by atoms with van der Waals surface area (Å²) in [6.45, 7) is 1.47. The fourth-order valence-electron chi connectivity index (χ4n) is 3.12. The number of amides is 1. The van der Waals surface area contributed by atoms with E-state index >= 15 is 0 Å². The number of nitrogens with one attached hydrogen (secondary N) is 2. The molecule has 0 saturated carbocycles. The minimum atomic E-state index is -0.197. The number of fused-ring (bicyclic) bond motifs is 1. The molecule has 28 heavy (non-hydrogen) atoms. The first-order valence-corrected chi connectivity index (χ1v) is 9.21. The van der Waals surface area contributed by atoms with Gasteiger partial charge in [-0.15, -0.1) is 0 Å². The van der Waals surface area contributed by atoms with E-state index in [1.807, 2.05) is 78.9 Å². The summed E-state index contributed by atoms with van der Waals surface area (Å²) < 4.78 is 5.85. The van der Waals surface area contributed by atoms with Crippen molar-refractivity contribution in [2.24, 2.45) is 0 Å². The summed E-state index contributed by atoms with van der Waals surface area (Å²) in [5, 5.41) is 10.8. The van der Waals surface area contributed by atoms with Crippen molar-refractivity contribution in [2.75, 3.05) is 0 Å². The first kappa shape index (κ1) is 17.9.